The van der Waals surface area contributed by atoms with E-state index in [1.54, 1.807) is 25.2 Å². The van der Waals surface area contributed by atoms with E-state index in [9.17, 15) is 8.42 Å². The van der Waals surface area contributed by atoms with Crippen molar-refractivity contribution in [2.75, 3.05) is 12.8 Å². The van der Waals surface area contributed by atoms with E-state index in [2.05, 4.69) is 5.32 Å². The Kier molecular flexibility index (Phi) is 4.57. The highest BCUT2D eigenvalue weighted by Gasteiger charge is 2.21. The molecule has 0 aliphatic carbocycles. The Morgan fingerprint density at radius 3 is 2.35 bits per heavy atom. The molecule has 0 spiro atoms. The molecule has 1 unspecified atom stereocenters. The summed E-state index contributed by atoms with van der Waals surface area (Å²) in [5.41, 5.74) is 1.93. The quantitative estimate of drug-likeness (QED) is 0.920. The first kappa shape index (κ1) is 14.8. The summed E-state index contributed by atoms with van der Waals surface area (Å²) >= 11 is 0. The Morgan fingerprint density at radius 2 is 1.75 bits per heavy atom. The van der Waals surface area contributed by atoms with Gasteiger partial charge in [0.05, 0.1) is 10.6 Å². The van der Waals surface area contributed by atoms with Gasteiger partial charge < -0.3 is 5.32 Å². The molecule has 0 aromatic heterocycles. The van der Waals surface area contributed by atoms with Crippen molar-refractivity contribution >= 4 is 9.84 Å². The van der Waals surface area contributed by atoms with Crippen LogP contribution in [0.5, 0.6) is 0 Å². The first-order valence-electron chi connectivity index (χ1n) is 6.54. The zero-order valence-electron chi connectivity index (χ0n) is 11.7. The topological polar surface area (TPSA) is 46.2 Å². The van der Waals surface area contributed by atoms with Gasteiger partial charge in [-0.15, -0.1) is 0 Å². The number of rotatable bonds is 5. The van der Waals surface area contributed by atoms with Crippen LogP contribution in [0.3, 0.4) is 0 Å². The molecule has 0 saturated carbocycles. The summed E-state index contributed by atoms with van der Waals surface area (Å²) < 4.78 is 25.0. The van der Waals surface area contributed by atoms with Gasteiger partial charge in [-0.25, -0.2) is 8.42 Å². The molecule has 2 rings (SSSR count). The normalized spacial score (nSPS) is 13.1. The molecule has 1 atom stereocenters. The zero-order valence-corrected chi connectivity index (χ0v) is 12.5. The van der Waals surface area contributed by atoms with Gasteiger partial charge in [0.15, 0.2) is 9.84 Å². The predicted octanol–water partition coefficient (Wildman–Crippen LogP) is 2.73. The minimum Gasteiger partial charge on any atom is -0.312 e. The second-order valence-corrected chi connectivity index (χ2v) is 6.88. The molecule has 0 radical (unpaired) electrons. The highest BCUT2D eigenvalue weighted by atomic mass is 32.2. The van der Waals surface area contributed by atoms with Crippen molar-refractivity contribution in [2.45, 2.75) is 17.9 Å². The SMILES string of the molecule is CNC(CS(=O)(=O)c1cccc(C)c1)c1ccccc1. The molecular weight excluding hydrogens is 270 g/mol. The molecule has 0 fully saturated rings. The minimum absolute atomic E-state index is 0.0525. The average Bonchev–Trinajstić information content (AvgIpc) is 2.46. The lowest BCUT2D eigenvalue weighted by Gasteiger charge is -2.17. The maximum atomic E-state index is 12.5. The summed E-state index contributed by atoms with van der Waals surface area (Å²) in [7, 11) is -1.52. The van der Waals surface area contributed by atoms with Crippen LogP contribution in [-0.4, -0.2) is 21.2 Å². The smallest absolute Gasteiger partial charge is 0.180 e. The van der Waals surface area contributed by atoms with Gasteiger partial charge in [-0.2, -0.15) is 0 Å². The van der Waals surface area contributed by atoms with Crippen molar-refractivity contribution in [3.8, 4) is 0 Å². The van der Waals surface area contributed by atoms with Gasteiger partial charge in [0.1, 0.15) is 0 Å². The maximum Gasteiger partial charge on any atom is 0.180 e. The van der Waals surface area contributed by atoms with Crippen molar-refractivity contribution < 1.29 is 8.42 Å². The average molecular weight is 289 g/mol. The van der Waals surface area contributed by atoms with Gasteiger partial charge in [0, 0.05) is 6.04 Å². The monoisotopic (exact) mass is 289 g/mol. The molecule has 20 heavy (non-hydrogen) atoms. The van der Waals surface area contributed by atoms with E-state index in [1.807, 2.05) is 43.3 Å². The second-order valence-electron chi connectivity index (χ2n) is 4.85. The van der Waals surface area contributed by atoms with Crippen molar-refractivity contribution in [2.24, 2.45) is 0 Å². The first-order chi connectivity index (χ1) is 9.53. The van der Waals surface area contributed by atoms with Gasteiger partial charge in [0.25, 0.3) is 0 Å². The summed E-state index contributed by atoms with van der Waals surface area (Å²) in [5.74, 6) is 0.0525. The molecule has 0 saturated heterocycles. The Hall–Kier alpha value is -1.65. The fourth-order valence-corrected chi connectivity index (χ4v) is 3.80. The predicted molar refractivity (Wildman–Crippen MR) is 81.5 cm³/mol. The van der Waals surface area contributed by atoms with E-state index < -0.39 is 9.84 Å². The molecule has 3 nitrogen and oxygen atoms in total. The molecule has 1 N–H and O–H groups in total. The van der Waals surface area contributed by atoms with Crippen molar-refractivity contribution in [1.82, 2.24) is 5.32 Å². The minimum atomic E-state index is -3.30. The van der Waals surface area contributed by atoms with E-state index in [-0.39, 0.29) is 11.8 Å². The number of hydrogen-bond donors (Lipinski definition) is 1. The van der Waals surface area contributed by atoms with E-state index in [1.165, 1.54) is 0 Å². The number of aryl methyl sites for hydroxylation is 1. The third-order valence-electron chi connectivity index (χ3n) is 3.29. The molecule has 2 aromatic rings. The lowest BCUT2D eigenvalue weighted by atomic mass is 10.1. The summed E-state index contributed by atoms with van der Waals surface area (Å²) in [6, 6.07) is 16.5. The van der Waals surface area contributed by atoms with Gasteiger partial charge in [-0.3, -0.25) is 0 Å². The Balaban J connectivity index is 2.27. The van der Waals surface area contributed by atoms with Crippen LogP contribution in [0.2, 0.25) is 0 Å². The van der Waals surface area contributed by atoms with Crippen molar-refractivity contribution in [3.63, 3.8) is 0 Å². The number of benzene rings is 2. The molecule has 4 heteroatoms. The van der Waals surface area contributed by atoms with Crippen LogP contribution in [0.25, 0.3) is 0 Å². The Morgan fingerprint density at radius 1 is 1.05 bits per heavy atom. The van der Waals surface area contributed by atoms with Crippen molar-refractivity contribution in [3.05, 3.63) is 65.7 Å². The van der Waals surface area contributed by atoms with E-state index in [0.29, 0.717) is 4.90 Å². The number of nitrogens with one attached hydrogen (secondary N) is 1. The van der Waals surface area contributed by atoms with Gasteiger partial charge in [-0.05, 0) is 37.2 Å². The highest BCUT2D eigenvalue weighted by Crippen LogP contribution is 2.20. The molecule has 0 amide bonds. The lowest BCUT2D eigenvalue weighted by Crippen LogP contribution is -2.25. The fraction of sp³-hybridized carbons (Fsp3) is 0.250. The third-order valence-corrected chi connectivity index (χ3v) is 5.03. The Bertz CT molecular complexity index is 666. The van der Waals surface area contributed by atoms with E-state index in [0.717, 1.165) is 11.1 Å². The third kappa shape index (κ3) is 3.46. The molecule has 2 aromatic carbocycles. The summed E-state index contributed by atoms with van der Waals surface area (Å²) in [6.07, 6.45) is 0. The second kappa shape index (κ2) is 6.20. The van der Waals surface area contributed by atoms with Crippen LogP contribution < -0.4 is 5.32 Å². The van der Waals surface area contributed by atoms with Crippen LogP contribution in [0, 0.1) is 6.92 Å². The number of hydrogen-bond acceptors (Lipinski definition) is 3. The molecule has 0 bridgehead atoms. The van der Waals surface area contributed by atoms with Gasteiger partial charge >= 0.3 is 0 Å². The molecular formula is C16H19NO2S. The fourth-order valence-electron chi connectivity index (χ4n) is 2.16. The molecule has 106 valence electrons. The zero-order chi connectivity index (χ0) is 14.6. The maximum absolute atomic E-state index is 12.5. The summed E-state index contributed by atoms with van der Waals surface area (Å²) in [5, 5.41) is 3.08. The summed E-state index contributed by atoms with van der Waals surface area (Å²) in [6.45, 7) is 1.89. The highest BCUT2D eigenvalue weighted by molar-refractivity contribution is 7.91. The molecule has 0 aliphatic rings. The molecule has 0 heterocycles. The Labute approximate surface area is 120 Å². The summed E-state index contributed by atoms with van der Waals surface area (Å²) in [4.78, 5) is 0.383. The standard InChI is InChI=1S/C16H19NO2S/c1-13-7-6-10-15(11-13)20(18,19)12-16(17-2)14-8-4-3-5-9-14/h3-11,16-17H,12H2,1-2H3. The van der Waals surface area contributed by atoms with Crippen LogP contribution >= 0.6 is 0 Å². The lowest BCUT2D eigenvalue weighted by molar-refractivity contribution is 0.574. The van der Waals surface area contributed by atoms with Crippen molar-refractivity contribution in [1.29, 1.82) is 0 Å². The van der Waals surface area contributed by atoms with E-state index in [4.69, 9.17) is 0 Å². The van der Waals surface area contributed by atoms with Crippen LogP contribution in [0.15, 0.2) is 59.5 Å². The van der Waals surface area contributed by atoms with Crippen LogP contribution in [0.1, 0.15) is 17.2 Å². The largest absolute Gasteiger partial charge is 0.312 e. The molecule has 0 aliphatic heterocycles. The number of sulfone groups is 1. The first-order valence-corrected chi connectivity index (χ1v) is 8.20. The van der Waals surface area contributed by atoms with Gasteiger partial charge in [-0.1, -0.05) is 42.5 Å². The van der Waals surface area contributed by atoms with Crippen LogP contribution in [0.4, 0.5) is 0 Å². The van der Waals surface area contributed by atoms with Crippen LogP contribution in [-0.2, 0) is 9.84 Å². The van der Waals surface area contributed by atoms with Gasteiger partial charge in [0.2, 0.25) is 0 Å². The van der Waals surface area contributed by atoms with E-state index >= 15 is 0 Å².